The summed E-state index contributed by atoms with van der Waals surface area (Å²) >= 11 is 3.41. The van der Waals surface area contributed by atoms with Gasteiger partial charge in [-0.1, -0.05) is 6.07 Å². The zero-order chi connectivity index (χ0) is 13.1. The molecule has 0 spiro atoms. The molecule has 0 saturated carbocycles. The van der Waals surface area contributed by atoms with Gasteiger partial charge >= 0.3 is 5.97 Å². The van der Waals surface area contributed by atoms with Crippen molar-refractivity contribution in [3.63, 3.8) is 0 Å². The molecule has 1 atom stereocenters. The molecule has 94 valence electrons. The lowest BCUT2D eigenvalue weighted by molar-refractivity contribution is -0.158. The lowest BCUT2D eigenvalue weighted by Gasteiger charge is -2.21. The van der Waals surface area contributed by atoms with E-state index < -0.39 is 11.6 Å². The van der Waals surface area contributed by atoms with Crippen LogP contribution in [0.4, 0.5) is 5.69 Å². The quantitative estimate of drug-likeness (QED) is 0.836. The first kappa shape index (κ1) is 14.0. The number of hydrogen-bond donors (Lipinski definition) is 2. The van der Waals surface area contributed by atoms with E-state index in [9.17, 15) is 9.90 Å². The Bertz CT molecular complexity index is 418. The summed E-state index contributed by atoms with van der Waals surface area (Å²) in [5.41, 5.74) is 0.404. The summed E-state index contributed by atoms with van der Waals surface area (Å²) in [6.45, 7) is 3.48. The number of esters is 1. The SMILES string of the molecule is COC(=O)C(C)(O)CNc1ccc(C)cc1Br. The lowest BCUT2D eigenvalue weighted by atomic mass is 10.1. The van der Waals surface area contributed by atoms with E-state index in [1.165, 1.54) is 14.0 Å². The Balaban J connectivity index is 2.70. The molecule has 0 radical (unpaired) electrons. The number of carbonyl (C=O) groups is 1. The average Bonchev–Trinajstić information content (AvgIpc) is 2.26. The van der Waals surface area contributed by atoms with Crippen LogP contribution in [-0.4, -0.2) is 30.3 Å². The van der Waals surface area contributed by atoms with Crippen molar-refractivity contribution < 1.29 is 14.6 Å². The number of methoxy groups -OCH3 is 1. The van der Waals surface area contributed by atoms with E-state index in [-0.39, 0.29) is 6.54 Å². The van der Waals surface area contributed by atoms with Crippen molar-refractivity contribution in [1.82, 2.24) is 0 Å². The molecule has 0 aliphatic rings. The summed E-state index contributed by atoms with van der Waals surface area (Å²) in [5.74, 6) is -0.659. The Morgan fingerprint density at radius 2 is 2.24 bits per heavy atom. The Morgan fingerprint density at radius 3 is 2.76 bits per heavy atom. The maximum Gasteiger partial charge on any atom is 0.339 e. The molecule has 0 aliphatic carbocycles. The smallest absolute Gasteiger partial charge is 0.339 e. The van der Waals surface area contributed by atoms with Crippen LogP contribution in [-0.2, 0) is 9.53 Å². The number of carbonyl (C=O) groups excluding carboxylic acids is 1. The highest BCUT2D eigenvalue weighted by Crippen LogP contribution is 2.24. The van der Waals surface area contributed by atoms with Gasteiger partial charge in [-0.3, -0.25) is 0 Å². The Kier molecular flexibility index (Phi) is 4.54. The standard InChI is InChI=1S/C12H16BrNO3/c1-8-4-5-10(9(13)6-8)14-7-12(2,16)11(15)17-3/h4-6,14,16H,7H2,1-3H3. The van der Waals surface area contributed by atoms with Crippen molar-refractivity contribution in [2.24, 2.45) is 0 Å². The molecule has 1 unspecified atom stereocenters. The lowest BCUT2D eigenvalue weighted by Crippen LogP contribution is -2.42. The molecule has 0 fully saturated rings. The molecule has 0 saturated heterocycles. The van der Waals surface area contributed by atoms with Gasteiger partial charge in [0.2, 0.25) is 0 Å². The van der Waals surface area contributed by atoms with E-state index in [0.29, 0.717) is 0 Å². The molecule has 0 aromatic heterocycles. The number of nitrogens with one attached hydrogen (secondary N) is 1. The summed E-state index contributed by atoms with van der Waals surface area (Å²) < 4.78 is 5.40. The first-order valence-corrected chi connectivity index (χ1v) is 5.97. The van der Waals surface area contributed by atoms with Crippen LogP contribution in [0.3, 0.4) is 0 Å². The third-order valence-electron chi connectivity index (χ3n) is 2.37. The molecular formula is C12H16BrNO3. The third kappa shape index (κ3) is 3.71. The molecule has 5 heteroatoms. The number of hydrogen-bond acceptors (Lipinski definition) is 4. The van der Waals surface area contributed by atoms with E-state index in [1.807, 2.05) is 25.1 Å². The summed E-state index contributed by atoms with van der Waals surface area (Å²) in [7, 11) is 1.25. The fourth-order valence-electron chi connectivity index (χ4n) is 1.32. The Labute approximate surface area is 109 Å². The van der Waals surface area contributed by atoms with Gasteiger partial charge in [0, 0.05) is 10.2 Å². The molecule has 2 N–H and O–H groups in total. The summed E-state index contributed by atoms with van der Waals surface area (Å²) in [6.07, 6.45) is 0. The topological polar surface area (TPSA) is 58.6 Å². The van der Waals surface area contributed by atoms with Crippen molar-refractivity contribution in [2.45, 2.75) is 19.4 Å². The number of anilines is 1. The van der Waals surface area contributed by atoms with Gasteiger partial charge in [-0.2, -0.15) is 0 Å². The number of aryl methyl sites for hydroxylation is 1. The van der Waals surface area contributed by atoms with Gasteiger partial charge in [0.1, 0.15) is 0 Å². The van der Waals surface area contributed by atoms with Gasteiger partial charge < -0.3 is 15.2 Å². The van der Waals surface area contributed by atoms with Crippen LogP contribution >= 0.6 is 15.9 Å². The molecule has 0 bridgehead atoms. The highest BCUT2D eigenvalue weighted by atomic mass is 79.9. The van der Waals surface area contributed by atoms with Crippen LogP contribution in [0.5, 0.6) is 0 Å². The maximum absolute atomic E-state index is 11.3. The predicted octanol–water partition coefficient (Wildman–Crippen LogP) is 2.09. The molecule has 4 nitrogen and oxygen atoms in total. The largest absolute Gasteiger partial charge is 0.467 e. The highest BCUT2D eigenvalue weighted by molar-refractivity contribution is 9.10. The van der Waals surface area contributed by atoms with Gasteiger partial charge in [-0.15, -0.1) is 0 Å². The fourth-order valence-corrected chi connectivity index (χ4v) is 1.96. The molecule has 1 aromatic carbocycles. The number of benzene rings is 1. The molecule has 0 amide bonds. The van der Waals surface area contributed by atoms with Crippen molar-refractivity contribution in [2.75, 3.05) is 19.0 Å². The summed E-state index contributed by atoms with van der Waals surface area (Å²) in [6, 6.07) is 5.78. The van der Waals surface area contributed by atoms with E-state index in [1.54, 1.807) is 0 Å². The normalized spacial score (nSPS) is 13.9. The van der Waals surface area contributed by atoms with Gasteiger partial charge in [0.05, 0.1) is 13.7 Å². The minimum absolute atomic E-state index is 0.0847. The monoisotopic (exact) mass is 301 g/mol. The molecule has 1 rings (SSSR count). The first-order chi connectivity index (χ1) is 7.86. The van der Waals surface area contributed by atoms with Crippen LogP contribution in [0.2, 0.25) is 0 Å². The number of rotatable bonds is 4. The van der Waals surface area contributed by atoms with E-state index in [0.717, 1.165) is 15.7 Å². The van der Waals surface area contributed by atoms with Crippen molar-refractivity contribution in [3.05, 3.63) is 28.2 Å². The number of halogens is 1. The maximum atomic E-state index is 11.3. The van der Waals surface area contributed by atoms with E-state index >= 15 is 0 Å². The second-order valence-electron chi connectivity index (χ2n) is 4.10. The van der Waals surface area contributed by atoms with Crippen LogP contribution in [0.15, 0.2) is 22.7 Å². The second kappa shape index (κ2) is 5.51. The number of ether oxygens (including phenoxy) is 1. The Morgan fingerprint density at radius 1 is 1.59 bits per heavy atom. The van der Waals surface area contributed by atoms with Crippen LogP contribution in [0.25, 0.3) is 0 Å². The van der Waals surface area contributed by atoms with Gasteiger partial charge in [0.15, 0.2) is 5.60 Å². The van der Waals surface area contributed by atoms with Gasteiger partial charge in [-0.25, -0.2) is 4.79 Å². The minimum atomic E-state index is -1.54. The van der Waals surface area contributed by atoms with Crippen molar-refractivity contribution in [1.29, 1.82) is 0 Å². The predicted molar refractivity (Wildman–Crippen MR) is 70.0 cm³/mol. The average molecular weight is 302 g/mol. The van der Waals surface area contributed by atoms with Gasteiger partial charge in [-0.05, 0) is 47.5 Å². The molecule has 17 heavy (non-hydrogen) atoms. The zero-order valence-electron chi connectivity index (χ0n) is 10.1. The summed E-state index contributed by atoms with van der Waals surface area (Å²) in [5, 5.41) is 12.8. The van der Waals surface area contributed by atoms with E-state index in [4.69, 9.17) is 0 Å². The van der Waals surface area contributed by atoms with Crippen molar-refractivity contribution >= 4 is 27.6 Å². The van der Waals surface area contributed by atoms with Gasteiger partial charge in [0.25, 0.3) is 0 Å². The molecular weight excluding hydrogens is 286 g/mol. The molecule has 1 aromatic rings. The number of aliphatic hydroxyl groups is 1. The fraction of sp³-hybridized carbons (Fsp3) is 0.417. The van der Waals surface area contributed by atoms with Crippen LogP contribution in [0.1, 0.15) is 12.5 Å². The summed E-state index contributed by atoms with van der Waals surface area (Å²) in [4.78, 5) is 11.3. The Hall–Kier alpha value is -1.07. The van der Waals surface area contributed by atoms with Crippen LogP contribution < -0.4 is 5.32 Å². The molecule has 0 aliphatic heterocycles. The third-order valence-corrected chi connectivity index (χ3v) is 3.03. The second-order valence-corrected chi connectivity index (χ2v) is 4.96. The highest BCUT2D eigenvalue weighted by Gasteiger charge is 2.31. The van der Waals surface area contributed by atoms with Crippen LogP contribution in [0, 0.1) is 6.92 Å². The van der Waals surface area contributed by atoms with Crippen molar-refractivity contribution in [3.8, 4) is 0 Å². The molecule has 0 heterocycles. The zero-order valence-corrected chi connectivity index (χ0v) is 11.7. The van der Waals surface area contributed by atoms with E-state index in [2.05, 4.69) is 26.0 Å². The first-order valence-electron chi connectivity index (χ1n) is 5.17. The minimum Gasteiger partial charge on any atom is -0.467 e.